The topological polar surface area (TPSA) is 58.6 Å². The Kier molecular flexibility index (Phi) is 6.19. The second kappa shape index (κ2) is 8.13. The van der Waals surface area contributed by atoms with E-state index >= 15 is 0 Å². The van der Waals surface area contributed by atoms with Gasteiger partial charge in [0.15, 0.2) is 0 Å². The van der Waals surface area contributed by atoms with Crippen LogP contribution in [0.2, 0.25) is 5.02 Å². The lowest BCUT2D eigenvalue weighted by molar-refractivity contribution is -0.138. The van der Waals surface area contributed by atoms with Crippen LogP contribution >= 0.6 is 11.6 Å². The number of morpholine rings is 1. The van der Waals surface area contributed by atoms with Gasteiger partial charge >= 0.3 is 0 Å². The first-order chi connectivity index (χ1) is 11.0. The van der Waals surface area contributed by atoms with Crippen molar-refractivity contribution in [3.8, 4) is 0 Å². The van der Waals surface area contributed by atoms with Gasteiger partial charge in [-0.25, -0.2) is 0 Å². The minimum absolute atomic E-state index is 0.0922. The SMILES string of the molecule is C/C(=C\C(=O)NC(C)C(=O)N1CCOCC1)c1ccccc1Cl. The van der Waals surface area contributed by atoms with Crippen LogP contribution in [0.5, 0.6) is 0 Å². The van der Waals surface area contributed by atoms with E-state index in [0.29, 0.717) is 31.3 Å². The molecule has 2 amide bonds. The van der Waals surface area contributed by atoms with Gasteiger partial charge < -0.3 is 15.0 Å². The van der Waals surface area contributed by atoms with Crippen LogP contribution in [0.4, 0.5) is 0 Å². The van der Waals surface area contributed by atoms with Crippen LogP contribution in [0.1, 0.15) is 19.4 Å². The van der Waals surface area contributed by atoms with Crippen LogP contribution in [0.15, 0.2) is 30.3 Å². The normalized spacial score (nSPS) is 16.8. The van der Waals surface area contributed by atoms with Gasteiger partial charge in [-0.05, 0) is 31.1 Å². The predicted octanol–water partition coefficient (Wildman–Crippen LogP) is 2.11. The molecule has 0 spiro atoms. The molecule has 5 nitrogen and oxygen atoms in total. The molecule has 1 unspecified atom stereocenters. The van der Waals surface area contributed by atoms with Crippen LogP contribution in [0.3, 0.4) is 0 Å². The van der Waals surface area contributed by atoms with Gasteiger partial charge in [-0.1, -0.05) is 29.8 Å². The number of nitrogens with one attached hydrogen (secondary N) is 1. The summed E-state index contributed by atoms with van der Waals surface area (Å²) < 4.78 is 5.22. The molecule has 124 valence electrons. The third-order valence-corrected chi connectivity index (χ3v) is 4.03. The number of amides is 2. The highest BCUT2D eigenvalue weighted by molar-refractivity contribution is 6.32. The zero-order chi connectivity index (χ0) is 16.8. The summed E-state index contributed by atoms with van der Waals surface area (Å²) >= 11 is 6.12. The Balaban J connectivity index is 1.96. The number of halogens is 1. The lowest BCUT2D eigenvalue weighted by atomic mass is 10.1. The van der Waals surface area contributed by atoms with Crippen molar-refractivity contribution in [1.82, 2.24) is 10.2 Å². The average Bonchev–Trinajstić information content (AvgIpc) is 2.55. The molecule has 1 aromatic rings. The highest BCUT2D eigenvalue weighted by atomic mass is 35.5. The number of carbonyl (C=O) groups is 2. The van der Waals surface area contributed by atoms with Crippen molar-refractivity contribution in [3.63, 3.8) is 0 Å². The van der Waals surface area contributed by atoms with E-state index < -0.39 is 6.04 Å². The summed E-state index contributed by atoms with van der Waals surface area (Å²) in [5, 5.41) is 3.30. The molecule has 0 bridgehead atoms. The molecule has 0 aliphatic carbocycles. The number of nitrogens with zero attached hydrogens (tertiary/aromatic N) is 1. The summed E-state index contributed by atoms with van der Waals surface area (Å²) in [6.45, 7) is 5.71. The van der Waals surface area contributed by atoms with Gasteiger partial charge in [-0.2, -0.15) is 0 Å². The Hall–Kier alpha value is -1.85. The van der Waals surface area contributed by atoms with Crippen molar-refractivity contribution in [2.24, 2.45) is 0 Å². The molecule has 1 fully saturated rings. The predicted molar refractivity (Wildman–Crippen MR) is 90.1 cm³/mol. The monoisotopic (exact) mass is 336 g/mol. The third-order valence-electron chi connectivity index (χ3n) is 3.70. The van der Waals surface area contributed by atoms with Crippen LogP contribution in [0, 0.1) is 0 Å². The second-order valence-corrected chi connectivity index (χ2v) is 5.88. The summed E-state index contributed by atoms with van der Waals surface area (Å²) in [6, 6.07) is 6.75. The van der Waals surface area contributed by atoms with E-state index in [-0.39, 0.29) is 11.8 Å². The lowest BCUT2D eigenvalue weighted by Gasteiger charge is -2.29. The van der Waals surface area contributed by atoms with E-state index in [4.69, 9.17) is 16.3 Å². The standard InChI is InChI=1S/C17H21ClN2O3/c1-12(14-5-3-4-6-15(14)18)11-16(21)19-13(2)17(22)20-7-9-23-10-8-20/h3-6,11,13H,7-10H2,1-2H3,(H,19,21)/b12-11+. The van der Waals surface area contributed by atoms with Crippen LogP contribution in [0.25, 0.3) is 5.57 Å². The van der Waals surface area contributed by atoms with Gasteiger partial charge in [-0.15, -0.1) is 0 Å². The Bertz CT molecular complexity index is 610. The molecular weight excluding hydrogens is 316 g/mol. The maximum atomic E-state index is 12.3. The summed E-state index contributed by atoms with van der Waals surface area (Å²) in [6.07, 6.45) is 1.46. The maximum absolute atomic E-state index is 12.3. The van der Waals surface area contributed by atoms with E-state index in [1.807, 2.05) is 25.1 Å². The van der Waals surface area contributed by atoms with Gasteiger partial charge in [0.2, 0.25) is 11.8 Å². The van der Waals surface area contributed by atoms with Crippen molar-refractivity contribution in [3.05, 3.63) is 40.9 Å². The maximum Gasteiger partial charge on any atom is 0.245 e. The fraction of sp³-hybridized carbons (Fsp3) is 0.412. The molecule has 1 aromatic carbocycles. The van der Waals surface area contributed by atoms with Crippen LogP contribution < -0.4 is 5.32 Å². The molecule has 1 N–H and O–H groups in total. The first-order valence-corrected chi connectivity index (χ1v) is 7.97. The van der Waals surface area contributed by atoms with Crippen LogP contribution in [-0.2, 0) is 14.3 Å². The van der Waals surface area contributed by atoms with Crippen molar-refractivity contribution < 1.29 is 14.3 Å². The van der Waals surface area contributed by atoms with Gasteiger partial charge in [0, 0.05) is 24.2 Å². The quantitative estimate of drug-likeness (QED) is 0.857. The molecule has 1 atom stereocenters. The number of carbonyl (C=O) groups excluding carboxylic acids is 2. The van der Waals surface area contributed by atoms with E-state index in [9.17, 15) is 9.59 Å². The van der Waals surface area contributed by atoms with Gasteiger partial charge in [0.05, 0.1) is 13.2 Å². The zero-order valence-electron chi connectivity index (χ0n) is 13.3. The zero-order valence-corrected chi connectivity index (χ0v) is 14.1. The Labute approximate surface area is 141 Å². The smallest absolute Gasteiger partial charge is 0.245 e. The van der Waals surface area contributed by atoms with Crippen molar-refractivity contribution in [2.75, 3.05) is 26.3 Å². The van der Waals surface area contributed by atoms with Crippen LogP contribution in [-0.4, -0.2) is 49.1 Å². The Morgan fingerprint density at radius 3 is 2.61 bits per heavy atom. The molecule has 6 heteroatoms. The van der Waals surface area contributed by atoms with E-state index in [2.05, 4.69) is 5.32 Å². The first kappa shape index (κ1) is 17.5. The number of hydrogen-bond donors (Lipinski definition) is 1. The summed E-state index contributed by atoms with van der Waals surface area (Å²) in [5.41, 5.74) is 1.55. The summed E-state index contributed by atoms with van der Waals surface area (Å²) in [7, 11) is 0. The number of allylic oxidation sites excluding steroid dienone is 1. The summed E-state index contributed by atoms with van der Waals surface area (Å²) in [4.78, 5) is 26.1. The Morgan fingerprint density at radius 1 is 1.30 bits per heavy atom. The fourth-order valence-electron chi connectivity index (χ4n) is 2.43. The van der Waals surface area contributed by atoms with Gasteiger partial charge in [0.1, 0.15) is 6.04 Å². The van der Waals surface area contributed by atoms with E-state index in [1.54, 1.807) is 17.9 Å². The molecule has 23 heavy (non-hydrogen) atoms. The van der Waals surface area contributed by atoms with Gasteiger partial charge in [0.25, 0.3) is 0 Å². The molecule has 2 rings (SSSR count). The van der Waals surface area contributed by atoms with Crippen molar-refractivity contribution in [1.29, 1.82) is 0 Å². The molecule has 1 aliphatic heterocycles. The average molecular weight is 337 g/mol. The fourth-order valence-corrected chi connectivity index (χ4v) is 2.71. The van der Waals surface area contributed by atoms with E-state index in [0.717, 1.165) is 11.1 Å². The Morgan fingerprint density at radius 2 is 1.96 bits per heavy atom. The molecule has 1 heterocycles. The van der Waals surface area contributed by atoms with Crippen molar-refractivity contribution in [2.45, 2.75) is 19.9 Å². The number of benzene rings is 1. The first-order valence-electron chi connectivity index (χ1n) is 7.59. The van der Waals surface area contributed by atoms with Gasteiger partial charge in [-0.3, -0.25) is 9.59 Å². The molecule has 1 aliphatic rings. The molecular formula is C17H21ClN2O3. The highest BCUT2D eigenvalue weighted by Crippen LogP contribution is 2.22. The number of hydrogen-bond acceptors (Lipinski definition) is 3. The number of ether oxygens (including phenoxy) is 1. The molecule has 1 saturated heterocycles. The number of rotatable bonds is 4. The molecule has 0 radical (unpaired) electrons. The van der Waals surface area contributed by atoms with Crippen molar-refractivity contribution >= 4 is 29.0 Å². The second-order valence-electron chi connectivity index (χ2n) is 5.48. The largest absolute Gasteiger partial charge is 0.378 e. The summed E-state index contributed by atoms with van der Waals surface area (Å²) in [5.74, 6) is -0.401. The lowest BCUT2D eigenvalue weighted by Crippen LogP contribution is -2.50. The highest BCUT2D eigenvalue weighted by Gasteiger charge is 2.23. The van der Waals surface area contributed by atoms with E-state index in [1.165, 1.54) is 6.08 Å². The minimum atomic E-state index is -0.573. The minimum Gasteiger partial charge on any atom is -0.378 e. The third kappa shape index (κ3) is 4.81. The molecule has 0 saturated carbocycles. The molecule has 0 aromatic heterocycles.